The zero-order valence-electron chi connectivity index (χ0n) is 13.9. The first-order valence-electron chi connectivity index (χ1n) is 8.43. The minimum Gasteiger partial charge on any atom is -0.357 e. The molecule has 1 aliphatic rings. The van der Waals surface area contributed by atoms with Gasteiger partial charge in [-0.15, -0.1) is 0 Å². The molecule has 1 rings (SSSR count). The van der Waals surface area contributed by atoms with E-state index in [0.717, 1.165) is 38.1 Å². The molecule has 0 aromatic carbocycles. The van der Waals surface area contributed by atoms with Crippen LogP contribution in [0.15, 0.2) is 4.99 Å². The Kier molecular flexibility index (Phi) is 8.67. The van der Waals surface area contributed by atoms with Crippen LogP contribution >= 0.6 is 0 Å². The van der Waals surface area contributed by atoms with Gasteiger partial charge in [0.05, 0.1) is 6.54 Å². The van der Waals surface area contributed by atoms with Crippen molar-refractivity contribution in [2.75, 3.05) is 32.7 Å². The first kappa shape index (κ1) is 17.3. The molecule has 0 saturated carbocycles. The maximum absolute atomic E-state index is 4.76. The number of aliphatic imine (C=N–C) groups is 1. The fourth-order valence-corrected chi connectivity index (χ4v) is 2.77. The molecule has 118 valence electrons. The number of nitrogens with one attached hydrogen (secondary N) is 2. The fraction of sp³-hybridized carbons (Fsp3) is 0.938. The Labute approximate surface area is 125 Å². The number of likely N-dealkylation sites (tertiary alicyclic amines) is 1. The van der Waals surface area contributed by atoms with E-state index in [9.17, 15) is 0 Å². The average Bonchev–Trinajstić information content (AvgIpc) is 2.87. The monoisotopic (exact) mass is 282 g/mol. The molecule has 0 bridgehead atoms. The highest BCUT2D eigenvalue weighted by Gasteiger charge is 2.22. The molecule has 1 fully saturated rings. The fourth-order valence-electron chi connectivity index (χ4n) is 2.77. The van der Waals surface area contributed by atoms with Crippen molar-refractivity contribution in [3.63, 3.8) is 0 Å². The second-order valence-electron chi connectivity index (χ2n) is 6.11. The van der Waals surface area contributed by atoms with Crippen LogP contribution in [0, 0.1) is 5.92 Å². The van der Waals surface area contributed by atoms with E-state index in [0.29, 0.717) is 6.04 Å². The first-order valence-corrected chi connectivity index (χ1v) is 8.43. The van der Waals surface area contributed by atoms with Crippen LogP contribution in [0.1, 0.15) is 53.4 Å². The predicted octanol–water partition coefficient (Wildman–Crippen LogP) is 2.46. The van der Waals surface area contributed by atoms with Gasteiger partial charge in [0.1, 0.15) is 0 Å². The number of rotatable bonds is 8. The molecule has 2 N–H and O–H groups in total. The Hall–Kier alpha value is -0.770. The van der Waals surface area contributed by atoms with Gasteiger partial charge in [-0.2, -0.15) is 0 Å². The van der Waals surface area contributed by atoms with Crippen molar-refractivity contribution in [3.05, 3.63) is 0 Å². The predicted molar refractivity (Wildman–Crippen MR) is 88.3 cm³/mol. The molecular weight excluding hydrogens is 248 g/mol. The SMILES string of the molecule is CCNC(=NCC1CCCN1CC)NCCCC(C)C. The minimum absolute atomic E-state index is 0.645. The summed E-state index contributed by atoms with van der Waals surface area (Å²) in [5.74, 6) is 1.77. The van der Waals surface area contributed by atoms with Crippen LogP contribution in [-0.2, 0) is 0 Å². The van der Waals surface area contributed by atoms with E-state index in [1.54, 1.807) is 0 Å². The maximum atomic E-state index is 4.76. The summed E-state index contributed by atoms with van der Waals surface area (Å²) in [5.41, 5.74) is 0. The Morgan fingerprint density at radius 1 is 1.30 bits per heavy atom. The Morgan fingerprint density at radius 2 is 2.10 bits per heavy atom. The summed E-state index contributed by atoms with van der Waals surface area (Å²) in [6.45, 7) is 14.2. The molecule has 0 aromatic heterocycles. The quantitative estimate of drug-likeness (QED) is 0.408. The molecule has 1 unspecified atom stereocenters. The smallest absolute Gasteiger partial charge is 0.191 e. The molecule has 0 aromatic rings. The molecular formula is C16H34N4. The second kappa shape index (κ2) is 10.0. The van der Waals surface area contributed by atoms with Gasteiger partial charge >= 0.3 is 0 Å². The number of nitrogens with zero attached hydrogens (tertiary/aromatic N) is 2. The normalized spacial score (nSPS) is 20.6. The lowest BCUT2D eigenvalue weighted by atomic mass is 10.1. The van der Waals surface area contributed by atoms with Gasteiger partial charge in [-0.05, 0) is 51.6 Å². The van der Waals surface area contributed by atoms with E-state index in [1.165, 1.54) is 32.2 Å². The van der Waals surface area contributed by atoms with E-state index in [4.69, 9.17) is 4.99 Å². The summed E-state index contributed by atoms with van der Waals surface area (Å²) in [6, 6.07) is 0.645. The molecule has 0 spiro atoms. The van der Waals surface area contributed by atoms with Gasteiger partial charge in [0.15, 0.2) is 5.96 Å². The summed E-state index contributed by atoms with van der Waals surface area (Å²) in [7, 11) is 0. The van der Waals surface area contributed by atoms with Crippen molar-refractivity contribution in [1.82, 2.24) is 15.5 Å². The van der Waals surface area contributed by atoms with E-state index in [1.807, 2.05) is 0 Å². The summed E-state index contributed by atoms with van der Waals surface area (Å²) >= 11 is 0. The molecule has 1 aliphatic heterocycles. The van der Waals surface area contributed by atoms with Gasteiger partial charge in [-0.25, -0.2) is 0 Å². The average molecular weight is 282 g/mol. The largest absolute Gasteiger partial charge is 0.357 e. The van der Waals surface area contributed by atoms with Crippen molar-refractivity contribution in [1.29, 1.82) is 0 Å². The highest BCUT2D eigenvalue weighted by molar-refractivity contribution is 5.79. The highest BCUT2D eigenvalue weighted by atomic mass is 15.2. The van der Waals surface area contributed by atoms with Crippen molar-refractivity contribution in [2.45, 2.75) is 59.4 Å². The van der Waals surface area contributed by atoms with E-state index >= 15 is 0 Å². The number of hydrogen-bond donors (Lipinski definition) is 2. The lowest BCUT2D eigenvalue weighted by Crippen LogP contribution is -2.39. The van der Waals surface area contributed by atoms with Crippen LogP contribution in [0.3, 0.4) is 0 Å². The summed E-state index contributed by atoms with van der Waals surface area (Å²) < 4.78 is 0. The molecule has 4 nitrogen and oxygen atoms in total. The molecule has 0 radical (unpaired) electrons. The number of guanidine groups is 1. The molecule has 1 heterocycles. The number of likely N-dealkylation sites (N-methyl/N-ethyl adjacent to an activating group) is 1. The summed E-state index contributed by atoms with van der Waals surface area (Å²) in [5, 5.41) is 6.80. The third-order valence-electron chi connectivity index (χ3n) is 3.96. The number of hydrogen-bond acceptors (Lipinski definition) is 2. The molecule has 1 saturated heterocycles. The van der Waals surface area contributed by atoms with Gasteiger partial charge in [-0.3, -0.25) is 9.89 Å². The Bertz CT molecular complexity index is 276. The van der Waals surface area contributed by atoms with Crippen LogP contribution in [0.25, 0.3) is 0 Å². The Morgan fingerprint density at radius 3 is 2.75 bits per heavy atom. The third-order valence-corrected chi connectivity index (χ3v) is 3.96. The van der Waals surface area contributed by atoms with Crippen molar-refractivity contribution >= 4 is 5.96 Å². The lowest BCUT2D eigenvalue weighted by Gasteiger charge is -2.21. The van der Waals surface area contributed by atoms with E-state index < -0.39 is 0 Å². The lowest BCUT2D eigenvalue weighted by molar-refractivity contribution is 0.273. The first-order chi connectivity index (χ1) is 9.67. The highest BCUT2D eigenvalue weighted by Crippen LogP contribution is 2.16. The zero-order chi connectivity index (χ0) is 14.8. The molecule has 0 aliphatic carbocycles. The molecule has 4 heteroatoms. The Balaban J connectivity index is 2.33. The van der Waals surface area contributed by atoms with Gasteiger partial charge < -0.3 is 10.6 Å². The van der Waals surface area contributed by atoms with Gasteiger partial charge in [0.25, 0.3) is 0 Å². The summed E-state index contributed by atoms with van der Waals surface area (Å²) in [6.07, 6.45) is 5.11. The van der Waals surface area contributed by atoms with Crippen molar-refractivity contribution in [3.8, 4) is 0 Å². The summed E-state index contributed by atoms with van der Waals surface area (Å²) in [4.78, 5) is 7.31. The van der Waals surface area contributed by atoms with Gasteiger partial charge in [0.2, 0.25) is 0 Å². The van der Waals surface area contributed by atoms with Crippen LogP contribution in [0.4, 0.5) is 0 Å². The molecule has 20 heavy (non-hydrogen) atoms. The van der Waals surface area contributed by atoms with Crippen LogP contribution < -0.4 is 10.6 Å². The van der Waals surface area contributed by atoms with Crippen molar-refractivity contribution < 1.29 is 0 Å². The minimum atomic E-state index is 0.645. The van der Waals surface area contributed by atoms with Crippen LogP contribution in [0.2, 0.25) is 0 Å². The van der Waals surface area contributed by atoms with Crippen LogP contribution in [-0.4, -0.2) is 49.6 Å². The van der Waals surface area contributed by atoms with Gasteiger partial charge in [0, 0.05) is 19.1 Å². The van der Waals surface area contributed by atoms with Gasteiger partial charge in [-0.1, -0.05) is 20.8 Å². The zero-order valence-corrected chi connectivity index (χ0v) is 13.9. The van der Waals surface area contributed by atoms with Crippen molar-refractivity contribution in [2.24, 2.45) is 10.9 Å². The topological polar surface area (TPSA) is 39.7 Å². The second-order valence-corrected chi connectivity index (χ2v) is 6.11. The maximum Gasteiger partial charge on any atom is 0.191 e. The van der Waals surface area contributed by atoms with E-state index in [2.05, 4.69) is 43.2 Å². The molecule has 0 amide bonds. The third kappa shape index (κ3) is 6.60. The van der Waals surface area contributed by atoms with Crippen LogP contribution in [0.5, 0.6) is 0 Å². The van der Waals surface area contributed by atoms with E-state index in [-0.39, 0.29) is 0 Å². The standard InChI is InChI=1S/C16H34N4/c1-5-17-16(18-11-7-9-14(3)4)19-13-15-10-8-12-20(15)6-2/h14-15H,5-13H2,1-4H3,(H2,17,18,19). The molecule has 1 atom stereocenters.